The molecule has 0 aliphatic rings. The molecule has 0 spiro atoms. The summed E-state index contributed by atoms with van der Waals surface area (Å²) in [7, 11) is 0. The topological polar surface area (TPSA) is 26.3 Å². The van der Waals surface area contributed by atoms with Crippen LogP contribution in [0.25, 0.3) is 0 Å². The first-order valence-corrected chi connectivity index (χ1v) is 4.56. The van der Waals surface area contributed by atoms with Gasteiger partial charge >= 0.3 is 5.97 Å². The van der Waals surface area contributed by atoms with Crippen molar-refractivity contribution >= 4 is 5.97 Å². The SMILES string of the molecule is C=CCC(CC(C)(F)F)C(=O)OCC. The molecular weight excluding hydrogens is 190 g/mol. The molecular formula is C10H16F2O2. The van der Waals surface area contributed by atoms with E-state index in [1.807, 2.05) is 0 Å². The Morgan fingerprint density at radius 3 is 2.57 bits per heavy atom. The second kappa shape index (κ2) is 5.73. The molecule has 0 aromatic rings. The third-order valence-electron chi connectivity index (χ3n) is 1.68. The molecule has 0 aromatic heterocycles. The minimum Gasteiger partial charge on any atom is -0.466 e. The van der Waals surface area contributed by atoms with E-state index in [1.165, 1.54) is 6.08 Å². The van der Waals surface area contributed by atoms with Gasteiger partial charge in [-0.25, -0.2) is 8.78 Å². The largest absolute Gasteiger partial charge is 0.466 e. The number of carbonyl (C=O) groups excluding carboxylic acids is 1. The minimum absolute atomic E-state index is 0.210. The van der Waals surface area contributed by atoms with Crippen molar-refractivity contribution in [3.05, 3.63) is 12.7 Å². The average molecular weight is 206 g/mol. The van der Waals surface area contributed by atoms with E-state index >= 15 is 0 Å². The summed E-state index contributed by atoms with van der Waals surface area (Å²) in [5, 5.41) is 0. The van der Waals surface area contributed by atoms with E-state index in [0.29, 0.717) is 0 Å². The van der Waals surface area contributed by atoms with Crippen molar-refractivity contribution in [3.63, 3.8) is 0 Å². The molecule has 14 heavy (non-hydrogen) atoms. The third-order valence-corrected chi connectivity index (χ3v) is 1.68. The smallest absolute Gasteiger partial charge is 0.309 e. The molecule has 1 unspecified atom stereocenters. The van der Waals surface area contributed by atoms with E-state index in [-0.39, 0.29) is 13.0 Å². The van der Waals surface area contributed by atoms with Crippen LogP contribution in [0, 0.1) is 5.92 Å². The van der Waals surface area contributed by atoms with Gasteiger partial charge in [0.05, 0.1) is 12.5 Å². The van der Waals surface area contributed by atoms with Crippen molar-refractivity contribution in [3.8, 4) is 0 Å². The van der Waals surface area contributed by atoms with Crippen molar-refractivity contribution in [2.75, 3.05) is 6.61 Å². The van der Waals surface area contributed by atoms with Crippen molar-refractivity contribution in [2.45, 2.75) is 32.6 Å². The van der Waals surface area contributed by atoms with Crippen LogP contribution in [-0.4, -0.2) is 18.5 Å². The molecule has 2 nitrogen and oxygen atoms in total. The lowest BCUT2D eigenvalue weighted by atomic mass is 9.98. The van der Waals surface area contributed by atoms with Crippen LogP contribution in [0.1, 0.15) is 26.7 Å². The lowest BCUT2D eigenvalue weighted by molar-refractivity contribution is -0.151. The fourth-order valence-electron chi connectivity index (χ4n) is 1.16. The number of rotatable bonds is 6. The number of alkyl halides is 2. The van der Waals surface area contributed by atoms with Gasteiger partial charge in [-0.15, -0.1) is 6.58 Å². The molecule has 0 amide bonds. The monoisotopic (exact) mass is 206 g/mol. The second-order valence-electron chi connectivity index (χ2n) is 3.25. The Labute approximate surface area is 82.9 Å². The standard InChI is InChI=1S/C10H16F2O2/c1-4-6-8(7-10(3,11)12)9(13)14-5-2/h4,8H,1,5-7H2,2-3H3. The van der Waals surface area contributed by atoms with E-state index in [9.17, 15) is 13.6 Å². The highest BCUT2D eigenvalue weighted by atomic mass is 19.3. The Kier molecular flexibility index (Phi) is 5.35. The molecule has 0 heterocycles. The first-order chi connectivity index (χ1) is 6.40. The zero-order valence-electron chi connectivity index (χ0n) is 8.56. The van der Waals surface area contributed by atoms with E-state index in [0.717, 1.165) is 6.92 Å². The minimum atomic E-state index is -2.85. The highest BCUT2D eigenvalue weighted by molar-refractivity contribution is 5.72. The maximum absolute atomic E-state index is 12.7. The maximum atomic E-state index is 12.7. The summed E-state index contributed by atoms with van der Waals surface area (Å²) in [5.41, 5.74) is 0. The highest BCUT2D eigenvalue weighted by Gasteiger charge is 2.30. The third kappa shape index (κ3) is 5.67. The summed E-state index contributed by atoms with van der Waals surface area (Å²) in [6, 6.07) is 0. The summed E-state index contributed by atoms with van der Waals surface area (Å²) >= 11 is 0. The van der Waals surface area contributed by atoms with Crippen LogP contribution >= 0.6 is 0 Å². The van der Waals surface area contributed by atoms with Crippen molar-refractivity contribution in [1.29, 1.82) is 0 Å². The van der Waals surface area contributed by atoms with Crippen LogP contribution in [0.5, 0.6) is 0 Å². The van der Waals surface area contributed by atoms with E-state index in [4.69, 9.17) is 0 Å². The summed E-state index contributed by atoms with van der Waals surface area (Å²) < 4.78 is 30.0. The van der Waals surface area contributed by atoms with Crippen LogP contribution in [0.4, 0.5) is 8.78 Å². The molecule has 0 bridgehead atoms. The molecule has 0 aliphatic carbocycles. The number of hydrogen-bond acceptors (Lipinski definition) is 2. The Morgan fingerprint density at radius 1 is 1.64 bits per heavy atom. The Balaban J connectivity index is 4.28. The normalized spacial score (nSPS) is 13.4. The van der Waals surface area contributed by atoms with Crippen LogP contribution in [0.3, 0.4) is 0 Å². The van der Waals surface area contributed by atoms with Gasteiger partial charge in [-0.1, -0.05) is 6.08 Å². The maximum Gasteiger partial charge on any atom is 0.309 e. The molecule has 0 saturated carbocycles. The van der Waals surface area contributed by atoms with Gasteiger partial charge in [0.1, 0.15) is 0 Å². The molecule has 0 rings (SSSR count). The van der Waals surface area contributed by atoms with Crippen molar-refractivity contribution in [2.24, 2.45) is 5.92 Å². The molecule has 0 fully saturated rings. The average Bonchev–Trinajstić information content (AvgIpc) is 2.01. The molecule has 0 radical (unpaired) electrons. The van der Waals surface area contributed by atoms with E-state index in [1.54, 1.807) is 6.92 Å². The fraction of sp³-hybridized carbons (Fsp3) is 0.700. The van der Waals surface area contributed by atoms with Crippen LogP contribution in [0.15, 0.2) is 12.7 Å². The van der Waals surface area contributed by atoms with Gasteiger partial charge in [0.2, 0.25) is 5.92 Å². The van der Waals surface area contributed by atoms with Crippen molar-refractivity contribution in [1.82, 2.24) is 0 Å². The Morgan fingerprint density at radius 2 is 2.21 bits per heavy atom. The van der Waals surface area contributed by atoms with E-state index in [2.05, 4.69) is 11.3 Å². The van der Waals surface area contributed by atoms with Gasteiger partial charge in [-0.05, 0) is 20.3 Å². The Bertz CT molecular complexity index is 197. The summed E-state index contributed by atoms with van der Waals surface area (Å²) in [6.45, 7) is 6.07. The second-order valence-corrected chi connectivity index (χ2v) is 3.25. The molecule has 0 aliphatic heterocycles. The molecule has 0 aromatic carbocycles. The lowest BCUT2D eigenvalue weighted by Gasteiger charge is -2.17. The predicted molar refractivity (Wildman–Crippen MR) is 50.2 cm³/mol. The highest BCUT2D eigenvalue weighted by Crippen LogP contribution is 2.25. The van der Waals surface area contributed by atoms with Gasteiger partial charge < -0.3 is 4.74 Å². The van der Waals surface area contributed by atoms with Gasteiger partial charge in [0, 0.05) is 6.42 Å². The van der Waals surface area contributed by atoms with Gasteiger partial charge in [-0.3, -0.25) is 4.79 Å². The summed E-state index contributed by atoms with van der Waals surface area (Å²) in [6.07, 6.45) is 1.19. The number of ether oxygens (including phenoxy) is 1. The fourth-order valence-corrected chi connectivity index (χ4v) is 1.16. The van der Waals surface area contributed by atoms with Crippen molar-refractivity contribution < 1.29 is 18.3 Å². The number of halogens is 2. The van der Waals surface area contributed by atoms with E-state index < -0.39 is 24.2 Å². The molecule has 0 saturated heterocycles. The lowest BCUT2D eigenvalue weighted by Crippen LogP contribution is -2.24. The Hall–Kier alpha value is -0.930. The number of allylic oxidation sites excluding steroid dienone is 1. The first kappa shape index (κ1) is 13.1. The van der Waals surface area contributed by atoms with Crippen LogP contribution < -0.4 is 0 Å². The summed E-state index contributed by atoms with van der Waals surface area (Å²) in [5.74, 6) is -4.21. The number of esters is 1. The molecule has 82 valence electrons. The summed E-state index contributed by atoms with van der Waals surface area (Å²) in [4.78, 5) is 11.2. The zero-order chi connectivity index (χ0) is 11.2. The first-order valence-electron chi connectivity index (χ1n) is 4.56. The van der Waals surface area contributed by atoms with Gasteiger partial charge in [-0.2, -0.15) is 0 Å². The van der Waals surface area contributed by atoms with Crippen LogP contribution in [-0.2, 0) is 9.53 Å². The predicted octanol–water partition coefficient (Wildman–Crippen LogP) is 2.79. The molecule has 0 N–H and O–H groups in total. The number of carbonyl (C=O) groups is 1. The quantitative estimate of drug-likeness (QED) is 0.493. The zero-order valence-corrected chi connectivity index (χ0v) is 8.56. The van der Waals surface area contributed by atoms with Crippen LogP contribution in [0.2, 0.25) is 0 Å². The number of hydrogen-bond donors (Lipinski definition) is 0. The van der Waals surface area contributed by atoms with Gasteiger partial charge in [0.25, 0.3) is 0 Å². The van der Waals surface area contributed by atoms with Gasteiger partial charge in [0.15, 0.2) is 0 Å². The molecule has 4 heteroatoms. The molecule has 1 atom stereocenters.